The molecule has 2 aromatic rings. The highest BCUT2D eigenvalue weighted by atomic mass is 19.1. The number of halogens is 1. The number of nitrogens with zero attached hydrogens (tertiary/aromatic N) is 2. The van der Waals surface area contributed by atoms with Gasteiger partial charge >= 0.3 is 0 Å². The van der Waals surface area contributed by atoms with Gasteiger partial charge in [-0.1, -0.05) is 5.16 Å². The van der Waals surface area contributed by atoms with Crippen molar-refractivity contribution in [2.75, 3.05) is 25.5 Å². The number of benzene rings is 1. The third-order valence-electron chi connectivity index (χ3n) is 3.65. The molecule has 1 amide bonds. The standard InChI is InChI=1S/C17H22FN3O3/c1-12-11-16(24-20-12)19-17(22)13(2)21(3)9-4-10-23-15-7-5-14(18)6-8-15/h5-8,11,13H,4,9-10H2,1-3H3,(H,19,22)/t13-/m1/s1. The molecule has 0 aliphatic rings. The number of anilines is 1. The molecule has 0 bridgehead atoms. The number of amides is 1. The maximum Gasteiger partial charge on any atom is 0.243 e. The molecule has 0 saturated heterocycles. The lowest BCUT2D eigenvalue weighted by Crippen LogP contribution is -2.40. The van der Waals surface area contributed by atoms with E-state index in [9.17, 15) is 9.18 Å². The molecule has 24 heavy (non-hydrogen) atoms. The van der Waals surface area contributed by atoms with Crippen LogP contribution in [0.2, 0.25) is 0 Å². The summed E-state index contributed by atoms with van der Waals surface area (Å²) in [4.78, 5) is 14.1. The third kappa shape index (κ3) is 5.34. The molecule has 1 atom stereocenters. The fourth-order valence-electron chi connectivity index (χ4n) is 2.08. The number of aromatic nitrogens is 1. The van der Waals surface area contributed by atoms with Crippen LogP contribution in [0.3, 0.4) is 0 Å². The summed E-state index contributed by atoms with van der Waals surface area (Å²) in [5.74, 6) is 0.528. The van der Waals surface area contributed by atoms with Gasteiger partial charge in [0.15, 0.2) is 0 Å². The van der Waals surface area contributed by atoms with E-state index in [1.165, 1.54) is 12.1 Å². The van der Waals surface area contributed by atoms with E-state index < -0.39 is 0 Å². The molecular weight excluding hydrogens is 313 g/mol. The molecule has 7 heteroatoms. The van der Waals surface area contributed by atoms with Crippen molar-refractivity contribution in [3.05, 3.63) is 41.8 Å². The normalized spacial score (nSPS) is 12.2. The average Bonchev–Trinajstić information content (AvgIpc) is 2.97. The highest BCUT2D eigenvalue weighted by Gasteiger charge is 2.19. The van der Waals surface area contributed by atoms with Gasteiger partial charge in [-0.2, -0.15) is 0 Å². The predicted molar refractivity (Wildman–Crippen MR) is 88.5 cm³/mol. The van der Waals surface area contributed by atoms with Gasteiger partial charge in [0.05, 0.1) is 18.3 Å². The fourth-order valence-corrected chi connectivity index (χ4v) is 2.08. The smallest absolute Gasteiger partial charge is 0.243 e. The topological polar surface area (TPSA) is 67.6 Å². The van der Waals surface area contributed by atoms with E-state index in [-0.39, 0.29) is 17.8 Å². The molecule has 0 aliphatic carbocycles. The number of likely N-dealkylation sites (N-methyl/N-ethyl adjacent to an activating group) is 1. The first-order valence-corrected chi connectivity index (χ1v) is 7.78. The number of aryl methyl sites for hydroxylation is 1. The fraction of sp³-hybridized carbons (Fsp3) is 0.412. The van der Waals surface area contributed by atoms with Gasteiger partial charge in [-0.05, 0) is 51.6 Å². The van der Waals surface area contributed by atoms with E-state index in [2.05, 4.69) is 10.5 Å². The van der Waals surface area contributed by atoms with E-state index in [1.807, 2.05) is 18.9 Å². The number of ether oxygens (including phenoxy) is 1. The van der Waals surface area contributed by atoms with Crippen LogP contribution in [0.1, 0.15) is 19.0 Å². The second-order valence-corrected chi connectivity index (χ2v) is 5.63. The lowest BCUT2D eigenvalue weighted by Gasteiger charge is -2.23. The van der Waals surface area contributed by atoms with Crippen molar-refractivity contribution in [1.82, 2.24) is 10.1 Å². The van der Waals surface area contributed by atoms with Crippen LogP contribution in [-0.2, 0) is 4.79 Å². The summed E-state index contributed by atoms with van der Waals surface area (Å²) < 4.78 is 23.3. The highest BCUT2D eigenvalue weighted by Crippen LogP contribution is 2.12. The van der Waals surface area contributed by atoms with Gasteiger partial charge in [-0.15, -0.1) is 0 Å². The molecule has 1 N–H and O–H groups in total. The summed E-state index contributed by atoms with van der Waals surface area (Å²) in [5.41, 5.74) is 0.712. The first-order valence-electron chi connectivity index (χ1n) is 7.78. The number of carbonyl (C=O) groups excluding carboxylic acids is 1. The molecule has 0 aliphatic heterocycles. The first-order chi connectivity index (χ1) is 11.5. The number of carbonyl (C=O) groups is 1. The number of hydrogen-bond donors (Lipinski definition) is 1. The van der Waals surface area contributed by atoms with Gasteiger partial charge in [0.2, 0.25) is 11.8 Å². The maximum absolute atomic E-state index is 12.8. The largest absolute Gasteiger partial charge is 0.494 e. The maximum atomic E-state index is 12.8. The molecule has 130 valence electrons. The highest BCUT2D eigenvalue weighted by molar-refractivity contribution is 5.93. The quantitative estimate of drug-likeness (QED) is 0.751. The molecule has 0 fully saturated rings. The van der Waals surface area contributed by atoms with Crippen molar-refractivity contribution in [1.29, 1.82) is 0 Å². The minimum Gasteiger partial charge on any atom is -0.494 e. The summed E-state index contributed by atoms with van der Waals surface area (Å²) in [6.07, 6.45) is 0.743. The van der Waals surface area contributed by atoms with Gasteiger partial charge in [0.1, 0.15) is 11.6 Å². The molecule has 1 aromatic carbocycles. The van der Waals surface area contributed by atoms with Crippen LogP contribution in [0.25, 0.3) is 0 Å². The Morgan fingerprint density at radius 2 is 2.12 bits per heavy atom. The Morgan fingerprint density at radius 1 is 1.42 bits per heavy atom. The molecular formula is C17H22FN3O3. The third-order valence-corrected chi connectivity index (χ3v) is 3.65. The lowest BCUT2D eigenvalue weighted by molar-refractivity contribution is -0.120. The van der Waals surface area contributed by atoms with Gasteiger partial charge in [-0.25, -0.2) is 4.39 Å². The summed E-state index contributed by atoms with van der Waals surface area (Å²) >= 11 is 0. The Bertz CT molecular complexity index is 657. The Kier molecular flexibility index (Phi) is 6.31. The van der Waals surface area contributed by atoms with Crippen LogP contribution < -0.4 is 10.1 Å². The van der Waals surface area contributed by atoms with Crippen LogP contribution >= 0.6 is 0 Å². The van der Waals surface area contributed by atoms with E-state index in [0.717, 1.165) is 6.42 Å². The Morgan fingerprint density at radius 3 is 2.75 bits per heavy atom. The zero-order valence-electron chi connectivity index (χ0n) is 14.1. The van der Waals surface area contributed by atoms with Crippen LogP contribution in [0.15, 0.2) is 34.9 Å². The zero-order chi connectivity index (χ0) is 17.5. The van der Waals surface area contributed by atoms with Crippen molar-refractivity contribution in [2.24, 2.45) is 0 Å². The summed E-state index contributed by atoms with van der Waals surface area (Å²) in [6.45, 7) is 4.78. The number of rotatable bonds is 8. The average molecular weight is 335 g/mol. The molecule has 2 rings (SSSR count). The predicted octanol–water partition coefficient (Wildman–Crippen LogP) is 2.85. The monoisotopic (exact) mass is 335 g/mol. The summed E-state index contributed by atoms with van der Waals surface area (Å²) in [6, 6.07) is 7.25. The molecule has 0 unspecified atom stereocenters. The van der Waals surface area contributed by atoms with Crippen LogP contribution in [0.5, 0.6) is 5.75 Å². The SMILES string of the molecule is Cc1cc(NC(=O)[C@@H](C)N(C)CCCOc2ccc(F)cc2)on1. The van der Waals surface area contributed by atoms with E-state index in [0.29, 0.717) is 30.5 Å². The molecule has 0 saturated carbocycles. The van der Waals surface area contributed by atoms with Crippen molar-refractivity contribution >= 4 is 11.8 Å². The van der Waals surface area contributed by atoms with E-state index in [1.54, 1.807) is 25.1 Å². The lowest BCUT2D eigenvalue weighted by atomic mass is 10.2. The van der Waals surface area contributed by atoms with Crippen LogP contribution in [-0.4, -0.2) is 42.2 Å². The van der Waals surface area contributed by atoms with Crippen LogP contribution in [0, 0.1) is 12.7 Å². The summed E-state index contributed by atoms with van der Waals surface area (Å²) in [5, 5.41) is 6.41. The molecule has 1 heterocycles. The Hall–Kier alpha value is -2.41. The minimum absolute atomic E-state index is 0.159. The van der Waals surface area contributed by atoms with Crippen molar-refractivity contribution in [2.45, 2.75) is 26.3 Å². The van der Waals surface area contributed by atoms with E-state index in [4.69, 9.17) is 9.26 Å². The molecule has 1 aromatic heterocycles. The molecule has 0 radical (unpaired) electrons. The molecule has 6 nitrogen and oxygen atoms in total. The van der Waals surface area contributed by atoms with Crippen LogP contribution in [0.4, 0.5) is 10.3 Å². The van der Waals surface area contributed by atoms with E-state index >= 15 is 0 Å². The van der Waals surface area contributed by atoms with Gasteiger partial charge in [0.25, 0.3) is 0 Å². The van der Waals surface area contributed by atoms with Crippen molar-refractivity contribution in [3.63, 3.8) is 0 Å². The Balaban J connectivity index is 1.69. The van der Waals surface area contributed by atoms with Gasteiger partial charge in [0, 0.05) is 12.6 Å². The van der Waals surface area contributed by atoms with Crippen molar-refractivity contribution < 1.29 is 18.4 Å². The number of nitrogens with one attached hydrogen (secondary N) is 1. The minimum atomic E-state index is -0.318. The van der Waals surface area contributed by atoms with Crippen molar-refractivity contribution in [3.8, 4) is 5.75 Å². The van der Waals surface area contributed by atoms with Gasteiger partial charge < -0.3 is 9.26 Å². The second kappa shape index (κ2) is 8.44. The number of hydrogen-bond acceptors (Lipinski definition) is 5. The zero-order valence-corrected chi connectivity index (χ0v) is 14.1. The molecule has 0 spiro atoms. The first kappa shape index (κ1) is 17.9. The van der Waals surface area contributed by atoms with Gasteiger partial charge in [-0.3, -0.25) is 15.0 Å². The Labute approximate surface area is 140 Å². The summed E-state index contributed by atoms with van der Waals surface area (Å²) in [7, 11) is 1.87. The second-order valence-electron chi connectivity index (χ2n) is 5.63.